The molecule has 1 aromatic carbocycles. The molecular formula is C20H27NO3. The van der Waals surface area contributed by atoms with Crippen LogP contribution < -0.4 is 4.74 Å². The maximum Gasteiger partial charge on any atom is 0.228 e. The number of fused-ring (bicyclic) bond motifs is 2. The Morgan fingerprint density at radius 1 is 1.25 bits per heavy atom. The second-order valence-electron chi connectivity index (χ2n) is 7.61. The van der Waals surface area contributed by atoms with E-state index in [2.05, 4.69) is 24.0 Å². The number of benzene rings is 1. The zero-order chi connectivity index (χ0) is 16.7. The standard InChI is InChI=1S/C20H27NO3/c1-13(15-5-6-15)21(12-14-3-7-16(23-2)8-4-14)20(22)18-11-17-9-10-19(18)24-17/h3-4,7-8,13,15,17-19H,5-6,9-12H2,1-2H3/t13-,17-,18+,19-/m1/s1. The van der Waals surface area contributed by atoms with E-state index in [9.17, 15) is 4.79 Å². The molecule has 0 unspecified atom stereocenters. The zero-order valence-electron chi connectivity index (χ0n) is 14.6. The topological polar surface area (TPSA) is 38.8 Å². The van der Waals surface area contributed by atoms with Crippen molar-refractivity contribution in [2.24, 2.45) is 11.8 Å². The van der Waals surface area contributed by atoms with Crippen molar-refractivity contribution in [3.05, 3.63) is 29.8 Å². The highest BCUT2D eigenvalue weighted by Crippen LogP contribution is 2.42. The molecule has 2 bridgehead atoms. The molecular weight excluding hydrogens is 302 g/mol. The number of amides is 1. The van der Waals surface area contributed by atoms with Crippen molar-refractivity contribution in [3.8, 4) is 5.75 Å². The number of methoxy groups -OCH3 is 1. The summed E-state index contributed by atoms with van der Waals surface area (Å²) in [6.07, 6.45) is 6.08. The Morgan fingerprint density at radius 3 is 2.54 bits per heavy atom. The van der Waals surface area contributed by atoms with Gasteiger partial charge in [0.1, 0.15) is 5.75 Å². The number of carbonyl (C=O) groups excluding carboxylic acids is 1. The molecule has 2 aliphatic heterocycles. The molecule has 0 spiro atoms. The van der Waals surface area contributed by atoms with Crippen LogP contribution in [-0.2, 0) is 16.1 Å². The molecule has 4 heteroatoms. The molecule has 4 atom stereocenters. The Balaban J connectivity index is 1.51. The Hall–Kier alpha value is -1.55. The summed E-state index contributed by atoms with van der Waals surface area (Å²) in [5.41, 5.74) is 1.17. The van der Waals surface area contributed by atoms with Gasteiger partial charge < -0.3 is 14.4 Å². The Kier molecular flexibility index (Phi) is 4.25. The van der Waals surface area contributed by atoms with Crippen molar-refractivity contribution < 1.29 is 14.3 Å². The normalized spacial score (nSPS) is 29.5. The fourth-order valence-corrected chi connectivity index (χ4v) is 4.29. The van der Waals surface area contributed by atoms with Gasteiger partial charge in [0.25, 0.3) is 0 Å². The Morgan fingerprint density at radius 2 is 2.00 bits per heavy atom. The van der Waals surface area contributed by atoms with Crippen LogP contribution in [0.15, 0.2) is 24.3 Å². The van der Waals surface area contributed by atoms with E-state index < -0.39 is 0 Å². The van der Waals surface area contributed by atoms with Gasteiger partial charge in [-0.15, -0.1) is 0 Å². The lowest BCUT2D eigenvalue weighted by atomic mass is 9.87. The van der Waals surface area contributed by atoms with Gasteiger partial charge in [-0.05, 0) is 62.6 Å². The number of ether oxygens (including phenoxy) is 2. The second-order valence-corrected chi connectivity index (χ2v) is 7.61. The molecule has 130 valence electrons. The molecule has 1 amide bonds. The summed E-state index contributed by atoms with van der Waals surface area (Å²) >= 11 is 0. The van der Waals surface area contributed by atoms with Gasteiger partial charge in [0.05, 0.1) is 25.2 Å². The predicted molar refractivity (Wildman–Crippen MR) is 91.7 cm³/mol. The van der Waals surface area contributed by atoms with Crippen molar-refractivity contribution in [2.75, 3.05) is 7.11 Å². The zero-order valence-corrected chi connectivity index (χ0v) is 14.6. The monoisotopic (exact) mass is 329 g/mol. The molecule has 1 aromatic rings. The Labute approximate surface area is 144 Å². The fourth-order valence-electron chi connectivity index (χ4n) is 4.29. The van der Waals surface area contributed by atoms with E-state index in [0.29, 0.717) is 30.5 Å². The van der Waals surface area contributed by atoms with Crippen molar-refractivity contribution in [1.29, 1.82) is 0 Å². The van der Waals surface area contributed by atoms with Crippen LogP contribution in [0.3, 0.4) is 0 Å². The van der Waals surface area contributed by atoms with Gasteiger partial charge in [-0.25, -0.2) is 0 Å². The smallest absolute Gasteiger partial charge is 0.228 e. The highest BCUT2D eigenvalue weighted by Gasteiger charge is 2.47. The van der Waals surface area contributed by atoms with E-state index in [1.54, 1.807) is 7.11 Å². The van der Waals surface area contributed by atoms with Gasteiger partial charge in [0.2, 0.25) is 5.91 Å². The van der Waals surface area contributed by atoms with Crippen LogP contribution in [0.4, 0.5) is 0 Å². The summed E-state index contributed by atoms with van der Waals surface area (Å²) in [4.78, 5) is 15.4. The first-order valence-corrected chi connectivity index (χ1v) is 9.24. The van der Waals surface area contributed by atoms with Crippen LogP contribution in [0.2, 0.25) is 0 Å². The quantitative estimate of drug-likeness (QED) is 0.803. The minimum absolute atomic E-state index is 0.0724. The van der Waals surface area contributed by atoms with Crippen molar-refractivity contribution in [1.82, 2.24) is 4.90 Å². The van der Waals surface area contributed by atoms with Crippen LogP contribution in [0.1, 0.15) is 44.6 Å². The number of nitrogens with zero attached hydrogens (tertiary/aromatic N) is 1. The lowest BCUT2D eigenvalue weighted by molar-refractivity contribution is -0.140. The molecule has 2 saturated heterocycles. The van der Waals surface area contributed by atoms with Crippen LogP contribution in [0.5, 0.6) is 5.75 Å². The van der Waals surface area contributed by atoms with Gasteiger partial charge >= 0.3 is 0 Å². The van der Waals surface area contributed by atoms with Crippen molar-refractivity contribution in [2.45, 2.75) is 63.8 Å². The van der Waals surface area contributed by atoms with Crippen LogP contribution in [-0.4, -0.2) is 36.2 Å². The lowest BCUT2D eigenvalue weighted by Gasteiger charge is -2.33. The van der Waals surface area contributed by atoms with E-state index in [0.717, 1.165) is 25.0 Å². The van der Waals surface area contributed by atoms with Gasteiger partial charge in [-0.3, -0.25) is 4.79 Å². The summed E-state index contributed by atoms with van der Waals surface area (Å²) in [5.74, 6) is 1.90. The van der Waals surface area contributed by atoms with Gasteiger partial charge in [0, 0.05) is 12.6 Å². The maximum atomic E-state index is 13.3. The SMILES string of the molecule is COc1ccc(CN(C(=O)[C@H]2C[C@H]3CC[C@H]2O3)[C@H](C)C2CC2)cc1. The molecule has 1 saturated carbocycles. The van der Waals surface area contributed by atoms with E-state index in [1.807, 2.05) is 12.1 Å². The average molecular weight is 329 g/mol. The summed E-state index contributed by atoms with van der Waals surface area (Å²) in [6, 6.07) is 8.39. The van der Waals surface area contributed by atoms with Crippen molar-refractivity contribution >= 4 is 5.91 Å². The van der Waals surface area contributed by atoms with E-state index >= 15 is 0 Å². The molecule has 24 heavy (non-hydrogen) atoms. The van der Waals surface area contributed by atoms with Crippen LogP contribution >= 0.6 is 0 Å². The molecule has 0 N–H and O–H groups in total. The van der Waals surface area contributed by atoms with Crippen LogP contribution in [0, 0.1) is 11.8 Å². The first kappa shape index (κ1) is 15.9. The van der Waals surface area contributed by atoms with Crippen LogP contribution in [0.25, 0.3) is 0 Å². The third kappa shape index (κ3) is 3.04. The largest absolute Gasteiger partial charge is 0.497 e. The van der Waals surface area contributed by atoms with Gasteiger partial charge in [-0.2, -0.15) is 0 Å². The minimum Gasteiger partial charge on any atom is -0.497 e. The van der Waals surface area contributed by atoms with E-state index in [4.69, 9.17) is 9.47 Å². The molecule has 3 aliphatic rings. The summed E-state index contributed by atoms with van der Waals surface area (Å²) in [5, 5.41) is 0. The number of rotatable bonds is 6. The third-order valence-corrected chi connectivity index (χ3v) is 6.01. The number of hydrogen-bond donors (Lipinski definition) is 0. The molecule has 3 fully saturated rings. The average Bonchev–Trinajstić information content (AvgIpc) is 3.26. The molecule has 2 heterocycles. The summed E-state index contributed by atoms with van der Waals surface area (Å²) < 4.78 is 11.2. The van der Waals surface area contributed by atoms with Gasteiger partial charge in [-0.1, -0.05) is 12.1 Å². The van der Waals surface area contributed by atoms with E-state index in [1.165, 1.54) is 18.4 Å². The number of carbonyl (C=O) groups is 1. The molecule has 4 nitrogen and oxygen atoms in total. The summed E-state index contributed by atoms with van der Waals surface area (Å²) in [6.45, 7) is 2.90. The van der Waals surface area contributed by atoms with E-state index in [-0.39, 0.29) is 12.0 Å². The molecule has 4 rings (SSSR count). The van der Waals surface area contributed by atoms with Gasteiger partial charge in [0.15, 0.2) is 0 Å². The maximum absolute atomic E-state index is 13.3. The first-order chi connectivity index (χ1) is 11.7. The Bertz CT molecular complexity index is 595. The fraction of sp³-hybridized carbons (Fsp3) is 0.650. The first-order valence-electron chi connectivity index (χ1n) is 9.24. The third-order valence-electron chi connectivity index (χ3n) is 6.01. The van der Waals surface area contributed by atoms with Crippen molar-refractivity contribution in [3.63, 3.8) is 0 Å². The summed E-state index contributed by atoms with van der Waals surface area (Å²) in [7, 11) is 1.68. The second kappa shape index (κ2) is 6.40. The highest BCUT2D eigenvalue weighted by molar-refractivity contribution is 5.80. The molecule has 0 aromatic heterocycles. The lowest BCUT2D eigenvalue weighted by Crippen LogP contribution is -2.45. The predicted octanol–water partition coefficient (Wildman–Crippen LogP) is 3.39. The minimum atomic E-state index is 0.0724. The molecule has 0 radical (unpaired) electrons. The highest BCUT2D eigenvalue weighted by atomic mass is 16.5. The number of hydrogen-bond acceptors (Lipinski definition) is 3. The molecule has 1 aliphatic carbocycles.